The molecule has 1 aliphatic carbocycles. The normalized spacial score (nSPS) is 12.8. The average Bonchev–Trinajstić information content (AvgIpc) is 3.59. The van der Waals surface area contributed by atoms with Gasteiger partial charge in [-0.1, -0.05) is 23.7 Å². The second kappa shape index (κ2) is 9.87. The van der Waals surface area contributed by atoms with Crippen LogP contribution in [0.25, 0.3) is 0 Å². The van der Waals surface area contributed by atoms with Crippen molar-refractivity contribution in [2.24, 2.45) is 0 Å². The second-order valence-electron chi connectivity index (χ2n) is 7.47. The Morgan fingerprint density at radius 1 is 0.909 bits per heavy atom. The highest BCUT2D eigenvalue weighted by Gasteiger charge is 2.24. The van der Waals surface area contributed by atoms with Crippen molar-refractivity contribution >= 4 is 40.5 Å². The molecule has 0 radical (unpaired) electrons. The van der Waals surface area contributed by atoms with Crippen molar-refractivity contribution in [3.8, 4) is 5.75 Å². The van der Waals surface area contributed by atoms with Gasteiger partial charge in [-0.2, -0.15) is 8.78 Å². The minimum absolute atomic E-state index is 0.0349. The van der Waals surface area contributed by atoms with E-state index in [2.05, 4.69) is 20.7 Å². The summed E-state index contributed by atoms with van der Waals surface area (Å²) in [6, 6.07) is 17.7. The van der Waals surface area contributed by atoms with E-state index in [0.29, 0.717) is 28.2 Å². The molecule has 4 rings (SSSR count). The van der Waals surface area contributed by atoms with Crippen molar-refractivity contribution in [3.63, 3.8) is 0 Å². The van der Waals surface area contributed by atoms with Gasteiger partial charge in [0.2, 0.25) is 0 Å². The molecule has 0 heterocycles. The number of carbonyl (C=O) groups excluding carboxylic acids is 2. The highest BCUT2D eigenvalue weighted by atomic mass is 35.5. The van der Waals surface area contributed by atoms with E-state index in [1.165, 1.54) is 18.2 Å². The molecule has 0 saturated heterocycles. The van der Waals surface area contributed by atoms with Crippen LogP contribution in [0, 0.1) is 0 Å². The fourth-order valence-electron chi connectivity index (χ4n) is 3.13. The summed E-state index contributed by atoms with van der Waals surface area (Å²) in [4.78, 5) is 25.1. The van der Waals surface area contributed by atoms with E-state index in [9.17, 15) is 18.4 Å². The second-order valence-corrected chi connectivity index (χ2v) is 7.88. The lowest BCUT2D eigenvalue weighted by molar-refractivity contribution is -0.0498. The molecule has 3 aromatic carbocycles. The first-order valence-electron chi connectivity index (χ1n) is 10.2. The lowest BCUT2D eigenvalue weighted by Crippen LogP contribution is -2.25. The van der Waals surface area contributed by atoms with Gasteiger partial charge < -0.3 is 20.7 Å². The molecule has 33 heavy (non-hydrogen) atoms. The fraction of sp³-hybridized carbons (Fsp3) is 0.167. The molecule has 9 heteroatoms. The summed E-state index contributed by atoms with van der Waals surface area (Å²) >= 11 is 6.26. The van der Waals surface area contributed by atoms with Gasteiger partial charge in [-0.25, -0.2) is 0 Å². The molecule has 0 atom stereocenters. The summed E-state index contributed by atoms with van der Waals surface area (Å²) in [5, 5.41) is 8.99. The molecule has 3 N–H and O–H groups in total. The molecule has 1 fully saturated rings. The van der Waals surface area contributed by atoms with Crippen LogP contribution in [0.1, 0.15) is 33.6 Å². The smallest absolute Gasteiger partial charge is 0.387 e. The van der Waals surface area contributed by atoms with Crippen LogP contribution in [-0.4, -0.2) is 24.5 Å². The van der Waals surface area contributed by atoms with Gasteiger partial charge in [-0.3, -0.25) is 9.59 Å². The van der Waals surface area contributed by atoms with Gasteiger partial charge in [0.05, 0.1) is 21.8 Å². The van der Waals surface area contributed by atoms with Crippen molar-refractivity contribution in [1.29, 1.82) is 0 Å². The third-order valence-corrected chi connectivity index (χ3v) is 5.23. The van der Waals surface area contributed by atoms with E-state index in [0.717, 1.165) is 12.8 Å². The van der Waals surface area contributed by atoms with Gasteiger partial charge >= 0.3 is 6.61 Å². The minimum Gasteiger partial charge on any atom is -0.435 e. The van der Waals surface area contributed by atoms with Crippen molar-refractivity contribution in [2.45, 2.75) is 25.5 Å². The zero-order valence-electron chi connectivity index (χ0n) is 17.3. The van der Waals surface area contributed by atoms with E-state index in [-0.39, 0.29) is 28.6 Å². The van der Waals surface area contributed by atoms with Crippen molar-refractivity contribution in [1.82, 2.24) is 5.32 Å². The number of nitrogens with one attached hydrogen (secondary N) is 3. The minimum atomic E-state index is -2.90. The van der Waals surface area contributed by atoms with Gasteiger partial charge in [0, 0.05) is 17.4 Å². The van der Waals surface area contributed by atoms with Crippen molar-refractivity contribution < 1.29 is 23.1 Å². The van der Waals surface area contributed by atoms with Crippen LogP contribution in [-0.2, 0) is 0 Å². The Hall–Kier alpha value is -3.65. The molecule has 1 aliphatic rings. The number of alkyl halides is 2. The number of carbonyl (C=O) groups is 2. The van der Waals surface area contributed by atoms with Gasteiger partial charge in [-0.05, 0) is 67.4 Å². The quantitative estimate of drug-likeness (QED) is 0.386. The number of anilines is 3. The zero-order chi connectivity index (χ0) is 23.4. The van der Waals surface area contributed by atoms with Crippen LogP contribution in [0.3, 0.4) is 0 Å². The molecular weight excluding hydrogens is 452 g/mol. The standard InChI is InChI=1S/C24H20ClF2N3O3/c25-20-13-16(9-12-18(20)22(31)29-15-5-6-15)30-23(32)19-3-1-2-4-21(19)28-14-7-10-17(11-8-14)33-24(26)27/h1-4,7-13,15,24,28H,5-6H2,(H,29,31)(H,30,32). The average molecular weight is 472 g/mol. The summed E-state index contributed by atoms with van der Waals surface area (Å²) in [6.07, 6.45) is 1.94. The number of amides is 2. The topological polar surface area (TPSA) is 79.5 Å². The molecule has 1 saturated carbocycles. The van der Waals surface area contributed by atoms with Crippen LogP contribution in [0.4, 0.5) is 25.8 Å². The largest absolute Gasteiger partial charge is 0.435 e. The highest BCUT2D eigenvalue weighted by molar-refractivity contribution is 6.34. The predicted octanol–water partition coefficient (Wildman–Crippen LogP) is 5.83. The molecule has 3 aromatic rings. The summed E-state index contributed by atoms with van der Waals surface area (Å²) in [6.45, 7) is -2.90. The lowest BCUT2D eigenvalue weighted by atomic mass is 10.1. The van der Waals surface area contributed by atoms with Gasteiger partial charge in [-0.15, -0.1) is 0 Å². The fourth-order valence-corrected chi connectivity index (χ4v) is 3.40. The molecular formula is C24H20ClF2N3O3. The molecule has 0 aliphatic heterocycles. The monoisotopic (exact) mass is 471 g/mol. The van der Waals surface area contributed by atoms with E-state index >= 15 is 0 Å². The Balaban J connectivity index is 1.45. The zero-order valence-corrected chi connectivity index (χ0v) is 18.0. The summed E-state index contributed by atoms with van der Waals surface area (Å²) in [7, 11) is 0. The maximum absolute atomic E-state index is 12.9. The number of hydrogen-bond acceptors (Lipinski definition) is 4. The Morgan fingerprint density at radius 2 is 1.61 bits per heavy atom. The number of ether oxygens (including phenoxy) is 1. The van der Waals surface area contributed by atoms with E-state index in [1.54, 1.807) is 48.5 Å². The van der Waals surface area contributed by atoms with Crippen LogP contribution in [0.5, 0.6) is 5.75 Å². The summed E-state index contributed by atoms with van der Waals surface area (Å²) in [5.41, 5.74) is 2.26. The van der Waals surface area contributed by atoms with Crippen LogP contribution >= 0.6 is 11.6 Å². The number of para-hydroxylation sites is 1. The van der Waals surface area contributed by atoms with Crippen LogP contribution < -0.4 is 20.7 Å². The first kappa shape index (κ1) is 22.5. The van der Waals surface area contributed by atoms with Gasteiger partial charge in [0.1, 0.15) is 5.75 Å². The van der Waals surface area contributed by atoms with Crippen molar-refractivity contribution in [2.75, 3.05) is 10.6 Å². The van der Waals surface area contributed by atoms with E-state index in [1.807, 2.05) is 0 Å². The van der Waals surface area contributed by atoms with E-state index < -0.39 is 6.61 Å². The number of benzene rings is 3. The Bertz CT molecular complexity index is 1170. The molecule has 6 nitrogen and oxygen atoms in total. The molecule has 2 amide bonds. The Labute approximate surface area is 193 Å². The number of rotatable bonds is 8. The maximum atomic E-state index is 12.9. The Morgan fingerprint density at radius 3 is 2.27 bits per heavy atom. The molecule has 0 spiro atoms. The lowest BCUT2D eigenvalue weighted by Gasteiger charge is -2.13. The maximum Gasteiger partial charge on any atom is 0.387 e. The number of halogens is 3. The number of hydrogen-bond donors (Lipinski definition) is 3. The SMILES string of the molecule is O=C(NC1CC1)c1ccc(NC(=O)c2ccccc2Nc2ccc(OC(F)F)cc2)cc1Cl. The van der Waals surface area contributed by atoms with E-state index in [4.69, 9.17) is 11.6 Å². The molecule has 0 aromatic heterocycles. The highest BCUT2D eigenvalue weighted by Crippen LogP contribution is 2.27. The van der Waals surface area contributed by atoms with Crippen LogP contribution in [0.2, 0.25) is 5.02 Å². The molecule has 0 unspecified atom stereocenters. The third kappa shape index (κ3) is 5.98. The summed E-state index contributed by atoms with van der Waals surface area (Å²) in [5.74, 6) is -0.588. The summed E-state index contributed by atoms with van der Waals surface area (Å²) < 4.78 is 29.0. The molecule has 170 valence electrons. The third-order valence-electron chi connectivity index (χ3n) is 4.91. The van der Waals surface area contributed by atoms with Gasteiger partial charge in [0.25, 0.3) is 11.8 Å². The van der Waals surface area contributed by atoms with Gasteiger partial charge in [0.15, 0.2) is 0 Å². The predicted molar refractivity (Wildman–Crippen MR) is 123 cm³/mol. The molecule has 0 bridgehead atoms. The Kier molecular flexibility index (Phi) is 6.74. The van der Waals surface area contributed by atoms with Crippen LogP contribution in [0.15, 0.2) is 66.7 Å². The van der Waals surface area contributed by atoms with Crippen molar-refractivity contribution in [3.05, 3.63) is 82.9 Å². The first-order chi connectivity index (χ1) is 15.9. The first-order valence-corrected chi connectivity index (χ1v) is 10.6.